The summed E-state index contributed by atoms with van der Waals surface area (Å²) in [5.74, 6) is 0.152. The summed E-state index contributed by atoms with van der Waals surface area (Å²) in [7, 11) is 0. The molecule has 4 heterocycles. The molecule has 1 aliphatic heterocycles. The molecule has 1 aliphatic rings. The van der Waals surface area contributed by atoms with Gasteiger partial charge in [0.05, 0.1) is 24.0 Å². The van der Waals surface area contributed by atoms with E-state index in [4.69, 9.17) is 0 Å². The Kier molecular flexibility index (Phi) is 4.15. The molecule has 4 aromatic rings. The van der Waals surface area contributed by atoms with Crippen LogP contribution >= 0.6 is 0 Å². The minimum absolute atomic E-state index is 0.0336. The van der Waals surface area contributed by atoms with Crippen LogP contribution in [0.3, 0.4) is 0 Å². The number of anilines is 1. The summed E-state index contributed by atoms with van der Waals surface area (Å²) >= 11 is 0. The number of aryl methyl sites for hydroxylation is 2. The van der Waals surface area contributed by atoms with Crippen LogP contribution < -0.4 is 5.32 Å². The Morgan fingerprint density at radius 1 is 1.34 bits per heavy atom. The zero-order chi connectivity index (χ0) is 20.0. The number of halogens is 1. The van der Waals surface area contributed by atoms with E-state index in [9.17, 15) is 9.18 Å². The van der Waals surface area contributed by atoms with Crippen molar-refractivity contribution in [2.24, 2.45) is 5.92 Å². The van der Waals surface area contributed by atoms with E-state index in [1.165, 1.54) is 12.1 Å². The average molecular weight is 393 g/mol. The van der Waals surface area contributed by atoms with Gasteiger partial charge in [-0.1, -0.05) is 12.1 Å². The maximum absolute atomic E-state index is 13.1. The highest BCUT2D eigenvalue weighted by atomic mass is 19.1. The Morgan fingerprint density at radius 3 is 3.00 bits per heavy atom. The number of H-pyrrole nitrogens is 1. The first-order valence-electron chi connectivity index (χ1n) is 9.54. The van der Waals surface area contributed by atoms with Crippen LogP contribution in [0, 0.1) is 18.7 Å². The van der Waals surface area contributed by atoms with Crippen molar-refractivity contribution in [1.29, 1.82) is 0 Å². The largest absolute Gasteiger partial charge is 0.335 e. The monoisotopic (exact) mass is 393 g/mol. The molecule has 2 N–H and O–H groups in total. The summed E-state index contributed by atoms with van der Waals surface area (Å²) in [5, 5.41) is 15.6. The number of rotatable bonds is 4. The van der Waals surface area contributed by atoms with E-state index in [0.29, 0.717) is 24.4 Å². The zero-order valence-electron chi connectivity index (χ0n) is 15.9. The van der Waals surface area contributed by atoms with Gasteiger partial charge in [-0.05, 0) is 31.0 Å². The van der Waals surface area contributed by atoms with Gasteiger partial charge < -0.3 is 9.88 Å². The molecule has 0 radical (unpaired) electrons. The van der Waals surface area contributed by atoms with Crippen molar-refractivity contribution < 1.29 is 9.18 Å². The van der Waals surface area contributed by atoms with Crippen molar-refractivity contribution in [2.45, 2.75) is 32.9 Å². The van der Waals surface area contributed by atoms with Gasteiger partial charge in [-0.15, -0.1) is 0 Å². The summed E-state index contributed by atoms with van der Waals surface area (Å²) in [6, 6.07) is 6.30. The number of nitrogens with zero attached hydrogens (tertiary/aromatic N) is 5. The Hall–Kier alpha value is -3.49. The molecule has 1 aromatic carbocycles. The third kappa shape index (κ3) is 3.18. The lowest BCUT2D eigenvalue weighted by atomic mass is 9.95. The molecule has 8 nitrogen and oxygen atoms in total. The lowest BCUT2D eigenvalue weighted by Gasteiger charge is -2.22. The van der Waals surface area contributed by atoms with Crippen LogP contribution in [-0.4, -0.2) is 35.4 Å². The summed E-state index contributed by atoms with van der Waals surface area (Å²) in [6.45, 7) is 3.14. The molecule has 5 rings (SSSR count). The Balaban J connectivity index is 1.37. The summed E-state index contributed by atoms with van der Waals surface area (Å²) < 4.78 is 17.0. The van der Waals surface area contributed by atoms with Crippen molar-refractivity contribution in [1.82, 2.24) is 29.5 Å². The molecule has 0 fully saturated rings. The predicted molar refractivity (Wildman–Crippen MR) is 105 cm³/mol. The number of hydrogen-bond acceptors (Lipinski definition) is 4. The van der Waals surface area contributed by atoms with Gasteiger partial charge >= 0.3 is 0 Å². The van der Waals surface area contributed by atoms with E-state index < -0.39 is 0 Å². The predicted octanol–water partition coefficient (Wildman–Crippen LogP) is 2.65. The lowest BCUT2D eigenvalue weighted by molar-refractivity contribution is -0.120. The zero-order valence-corrected chi connectivity index (χ0v) is 15.9. The SMILES string of the molecule is Cc1nn(Cc2ccc(F)cc2)c2n[nH]c(NC(=O)C3CCn4cncc4C3)c12. The molecular formula is C20H20FN7O. The fourth-order valence-corrected chi connectivity index (χ4v) is 3.92. The van der Waals surface area contributed by atoms with Gasteiger partial charge in [0.15, 0.2) is 5.65 Å². The number of aromatic amines is 1. The number of imidazole rings is 1. The van der Waals surface area contributed by atoms with E-state index in [0.717, 1.165) is 35.3 Å². The normalized spacial score (nSPS) is 16.1. The summed E-state index contributed by atoms with van der Waals surface area (Å²) in [5.41, 5.74) is 3.43. The van der Waals surface area contributed by atoms with Gasteiger partial charge in [0.25, 0.3) is 0 Å². The maximum atomic E-state index is 13.1. The first-order valence-corrected chi connectivity index (χ1v) is 9.54. The Bertz CT molecular complexity index is 1190. The van der Waals surface area contributed by atoms with Crippen LogP contribution in [0.5, 0.6) is 0 Å². The highest BCUT2D eigenvalue weighted by molar-refractivity contribution is 6.00. The number of hydrogen-bond donors (Lipinski definition) is 2. The fourth-order valence-electron chi connectivity index (χ4n) is 3.92. The average Bonchev–Trinajstić information content (AvgIpc) is 3.41. The summed E-state index contributed by atoms with van der Waals surface area (Å²) in [6.07, 6.45) is 5.07. The number of nitrogens with one attached hydrogen (secondary N) is 2. The quantitative estimate of drug-likeness (QED) is 0.557. The number of carbonyl (C=O) groups excluding carboxylic acids is 1. The van der Waals surface area contributed by atoms with E-state index in [1.54, 1.807) is 23.1 Å². The fraction of sp³-hybridized carbons (Fsp3) is 0.300. The third-order valence-corrected chi connectivity index (χ3v) is 5.46. The van der Waals surface area contributed by atoms with Gasteiger partial charge in [-0.25, -0.2) is 14.1 Å². The van der Waals surface area contributed by atoms with Gasteiger partial charge in [-0.2, -0.15) is 10.2 Å². The molecule has 0 saturated carbocycles. The van der Waals surface area contributed by atoms with E-state index in [-0.39, 0.29) is 17.6 Å². The van der Waals surface area contributed by atoms with Crippen molar-refractivity contribution in [2.75, 3.05) is 5.32 Å². The van der Waals surface area contributed by atoms with Gasteiger partial charge in [0, 0.05) is 30.8 Å². The molecule has 0 aliphatic carbocycles. The van der Waals surface area contributed by atoms with E-state index in [2.05, 4.69) is 30.2 Å². The van der Waals surface area contributed by atoms with E-state index in [1.807, 2.05) is 13.1 Å². The number of benzene rings is 1. The molecule has 9 heteroatoms. The molecule has 1 atom stereocenters. The molecule has 1 unspecified atom stereocenters. The molecular weight excluding hydrogens is 373 g/mol. The minimum atomic E-state index is -0.272. The maximum Gasteiger partial charge on any atom is 0.229 e. The van der Waals surface area contributed by atoms with Crippen LogP contribution in [0.4, 0.5) is 10.2 Å². The Morgan fingerprint density at radius 2 is 2.17 bits per heavy atom. The minimum Gasteiger partial charge on any atom is -0.335 e. The van der Waals surface area contributed by atoms with Crippen molar-refractivity contribution in [3.05, 3.63) is 59.6 Å². The number of amides is 1. The number of carbonyl (C=O) groups is 1. The molecule has 1 amide bonds. The molecule has 0 saturated heterocycles. The third-order valence-electron chi connectivity index (χ3n) is 5.46. The molecule has 0 spiro atoms. The lowest BCUT2D eigenvalue weighted by Crippen LogP contribution is -2.30. The second-order valence-electron chi connectivity index (χ2n) is 7.42. The standard InChI is InChI=1S/C20H20FN7O/c1-12-17-18(23-20(29)14-6-7-27-11-22-9-16(27)8-14)24-25-19(17)28(26-12)10-13-2-4-15(21)5-3-13/h2-5,9,11,14H,6-8,10H2,1H3,(H2,23,24,25,29). The van der Waals surface area contributed by atoms with Crippen molar-refractivity contribution in [3.8, 4) is 0 Å². The van der Waals surface area contributed by atoms with Crippen LogP contribution in [-0.2, 0) is 24.3 Å². The van der Waals surface area contributed by atoms with Crippen LogP contribution in [0.1, 0.15) is 23.4 Å². The molecule has 0 bridgehead atoms. The highest BCUT2D eigenvalue weighted by Crippen LogP contribution is 2.27. The molecule has 29 heavy (non-hydrogen) atoms. The Labute approximate surface area is 165 Å². The van der Waals surface area contributed by atoms with Gasteiger partial charge in [-0.3, -0.25) is 9.89 Å². The highest BCUT2D eigenvalue weighted by Gasteiger charge is 2.26. The van der Waals surface area contributed by atoms with Crippen LogP contribution in [0.2, 0.25) is 0 Å². The van der Waals surface area contributed by atoms with Crippen molar-refractivity contribution in [3.63, 3.8) is 0 Å². The van der Waals surface area contributed by atoms with Crippen LogP contribution in [0.15, 0.2) is 36.8 Å². The molecule has 3 aromatic heterocycles. The topological polar surface area (TPSA) is 93.4 Å². The van der Waals surface area contributed by atoms with E-state index >= 15 is 0 Å². The number of aromatic nitrogens is 6. The van der Waals surface area contributed by atoms with Crippen molar-refractivity contribution >= 4 is 22.8 Å². The number of fused-ring (bicyclic) bond motifs is 2. The van der Waals surface area contributed by atoms with Gasteiger partial charge in [0.1, 0.15) is 11.6 Å². The first-order chi connectivity index (χ1) is 14.1. The molecule has 148 valence electrons. The van der Waals surface area contributed by atoms with Gasteiger partial charge in [0.2, 0.25) is 5.91 Å². The van der Waals surface area contributed by atoms with Crippen LogP contribution in [0.25, 0.3) is 11.0 Å². The first kappa shape index (κ1) is 17.6. The second kappa shape index (κ2) is 6.84. The second-order valence-corrected chi connectivity index (χ2v) is 7.42. The smallest absolute Gasteiger partial charge is 0.229 e. The summed E-state index contributed by atoms with van der Waals surface area (Å²) in [4.78, 5) is 17.0.